The number of benzene rings is 2. The molecule has 0 saturated heterocycles. The van der Waals surface area contributed by atoms with Gasteiger partial charge in [-0.1, -0.05) is 13.0 Å². The molecule has 2 aromatic rings. The number of nitriles is 1. The lowest BCUT2D eigenvalue weighted by Gasteiger charge is -2.10. The fourth-order valence-electron chi connectivity index (χ4n) is 1.75. The fourth-order valence-corrected chi connectivity index (χ4v) is 2.53. The van der Waals surface area contributed by atoms with E-state index < -0.39 is 0 Å². The minimum atomic E-state index is 0.579. The second kappa shape index (κ2) is 6.88. The van der Waals surface area contributed by atoms with Crippen LogP contribution in [0.5, 0.6) is 17.2 Å². The molecule has 4 heteroatoms. The highest BCUT2D eigenvalue weighted by Gasteiger charge is 2.10. The minimum absolute atomic E-state index is 0.579. The third kappa shape index (κ3) is 3.25. The zero-order chi connectivity index (χ0) is 14.4. The second-order valence-electron chi connectivity index (χ2n) is 3.95. The third-order valence-corrected chi connectivity index (χ3v) is 3.63. The molecule has 102 valence electrons. The molecule has 0 spiro atoms. The van der Waals surface area contributed by atoms with Crippen LogP contribution in [-0.4, -0.2) is 12.9 Å². The van der Waals surface area contributed by atoms with Crippen LogP contribution in [-0.2, 0) is 0 Å². The summed E-state index contributed by atoms with van der Waals surface area (Å²) in [5.41, 5.74) is 0.579. The molecule has 20 heavy (non-hydrogen) atoms. The summed E-state index contributed by atoms with van der Waals surface area (Å²) in [4.78, 5) is 0.945. The molecule has 0 bridgehead atoms. The van der Waals surface area contributed by atoms with Crippen molar-refractivity contribution in [1.82, 2.24) is 0 Å². The van der Waals surface area contributed by atoms with Crippen molar-refractivity contribution in [3.8, 4) is 23.3 Å². The molecular formula is C16H15NO2S. The molecular weight excluding hydrogens is 270 g/mol. The molecule has 0 radical (unpaired) electrons. The molecule has 0 heterocycles. The number of methoxy groups -OCH3 is 1. The minimum Gasteiger partial charge on any atom is -0.497 e. The number of thioether (sulfide) groups is 1. The Morgan fingerprint density at radius 2 is 1.80 bits per heavy atom. The van der Waals surface area contributed by atoms with Crippen LogP contribution in [0.1, 0.15) is 12.5 Å². The van der Waals surface area contributed by atoms with E-state index in [2.05, 4.69) is 13.0 Å². The predicted octanol–water partition coefficient (Wildman–Crippen LogP) is 4.47. The molecule has 0 aliphatic rings. The van der Waals surface area contributed by atoms with Gasteiger partial charge in [0.2, 0.25) is 0 Å². The molecule has 0 unspecified atom stereocenters. The van der Waals surface area contributed by atoms with Crippen LogP contribution in [0.15, 0.2) is 47.4 Å². The predicted molar refractivity (Wildman–Crippen MR) is 80.6 cm³/mol. The SMILES string of the molecule is CCSc1cccc(Oc2ccc(OC)cc2)c1C#N. The lowest BCUT2D eigenvalue weighted by atomic mass is 10.2. The van der Waals surface area contributed by atoms with E-state index in [9.17, 15) is 5.26 Å². The highest BCUT2D eigenvalue weighted by molar-refractivity contribution is 7.99. The summed E-state index contributed by atoms with van der Waals surface area (Å²) < 4.78 is 10.9. The molecule has 2 rings (SSSR count). The van der Waals surface area contributed by atoms with Gasteiger partial charge >= 0.3 is 0 Å². The summed E-state index contributed by atoms with van der Waals surface area (Å²) in [6.45, 7) is 2.06. The maximum absolute atomic E-state index is 9.32. The van der Waals surface area contributed by atoms with Gasteiger partial charge in [-0.3, -0.25) is 0 Å². The number of rotatable bonds is 5. The Bertz CT molecular complexity index is 617. The van der Waals surface area contributed by atoms with Crippen molar-refractivity contribution < 1.29 is 9.47 Å². The van der Waals surface area contributed by atoms with Crippen molar-refractivity contribution in [2.24, 2.45) is 0 Å². The molecule has 0 N–H and O–H groups in total. The van der Waals surface area contributed by atoms with Crippen LogP contribution in [0.25, 0.3) is 0 Å². The maximum atomic E-state index is 9.32. The van der Waals surface area contributed by atoms with Crippen LogP contribution in [0.4, 0.5) is 0 Å². The van der Waals surface area contributed by atoms with E-state index >= 15 is 0 Å². The zero-order valence-corrected chi connectivity index (χ0v) is 12.2. The van der Waals surface area contributed by atoms with Gasteiger partial charge in [0.15, 0.2) is 0 Å². The van der Waals surface area contributed by atoms with Gasteiger partial charge < -0.3 is 9.47 Å². The van der Waals surface area contributed by atoms with Gasteiger partial charge in [-0.2, -0.15) is 5.26 Å². The first-order valence-electron chi connectivity index (χ1n) is 6.26. The van der Waals surface area contributed by atoms with Crippen molar-refractivity contribution in [3.63, 3.8) is 0 Å². The van der Waals surface area contributed by atoms with Crippen LogP contribution in [0, 0.1) is 11.3 Å². The van der Waals surface area contributed by atoms with Gasteiger partial charge in [-0.05, 0) is 42.2 Å². The normalized spacial score (nSPS) is 9.85. The number of nitrogens with zero attached hydrogens (tertiary/aromatic N) is 1. The Balaban J connectivity index is 2.28. The Morgan fingerprint density at radius 3 is 2.40 bits per heavy atom. The number of hydrogen-bond donors (Lipinski definition) is 0. The van der Waals surface area contributed by atoms with Gasteiger partial charge in [0.25, 0.3) is 0 Å². The van der Waals surface area contributed by atoms with Crippen LogP contribution in [0.2, 0.25) is 0 Å². The first-order valence-corrected chi connectivity index (χ1v) is 7.25. The first-order chi connectivity index (χ1) is 9.78. The maximum Gasteiger partial charge on any atom is 0.146 e. The molecule has 0 atom stereocenters. The van der Waals surface area contributed by atoms with Gasteiger partial charge in [-0.25, -0.2) is 0 Å². The summed E-state index contributed by atoms with van der Waals surface area (Å²) in [6.07, 6.45) is 0. The van der Waals surface area contributed by atoms with E-state index in [4.69, 9.17) is 9.47 Å². The molecule has 0 amide bonds. The fraction of sp³-hybridized carbons (Fsp3) is 0.188. The highest BCUT2D eigenvalue weighted by atomic mass is 32.2. The number of ether oxygens (including phenoxy) is 2. The highest BCUT2D eigenvalue weighted by Crippen LogP contribution is 2.32. The quantitative estimate of drug-likeness (QED) is 0.760. The summed E-state index contributed by atoms with van der Waals surface area (Å²) in [6, 6.07) is 15.2. The molecule has 0 aliphatic carbocycles. The smallest absolute Gasteiger partial charge is 0.146 e. The summed E-state index contributed by atoms with van der Waals surface area (Å²) >= 11 is 1.63. The Hall–Kier alpha value is -2.12. The first kappa shape index (κ1) is 14.3. The lowest BCUT2D eigenvalue weighted by Crippen LogP contribution is -1.91. The van der Waals surface area contributed by atoms with E-state index in [0.717, 1.165) is 16.4 Å². The molecule has 2 aromatic carbocycles. The van der Waals surface area contributed by atoms with E-state index in [1.54, 1.807) is 18.9 Å². The standard InChI is InChI=1S/C16H15NO2S/c1-3-20-16-6-4-5-15(14(16)11-17)19-13-9-7-12(18-2)8-10-13/h4-10H,3H2,1-2H3. The Labute approximate surface area is 123 Å². The van der Waals surface area contributed by atoms with Gasteiger partial charge in [0.05, 0.1) is 7.11 Å². The van der Waals surface area contributed by atoms with Crippen molar-refractivity contribution in [2.45, 2.75) is 11.8 Å². The van der Waals surface area contributed by atoms with Crippen LogP contribution in [0.3, 0.4) is 0 Å². The van der Waals surface area contributed by atoms with E-state index in [1.165, 1.54) is 0 Å². The topological polar surface area (TPSA) is 42.2 Å². The van der Waals surface area contributed by atoms with Gasteiger partial charge in [0, 0.05) is 4.90 Å². The Kier molecular flexibility index (Phi) is 4.91. The van der Waals surface area contributed by atoms with Crippen molar-refractivity contribution >= 4 is 11.8 Å². The average molecular weight is 285 g/mol. The summed E-state index contributed by atoms with van der Waals surface area (Å²) in [7, 11) is 1.62. The van der Waals surface area contributed by atoms with Crippen LogP contribution >= 0.6 is 11.8 Å². The lowest BCUT2D eigenvalue weighted by molar-refractivity contribution is 0.412. The average Bonchev–Trinajstić information content (AvgIpc) is 2.49. The van der Waals surface area contributed by atoms with Crippen molar-refractivity contribution in [1.29, 1.82) is 5.26 Å². The molecule has 0 aliphatic heterocycles. The van der Waals surface area contributed by atoms with Gasteiger partial charge in [-0.15, -0.1) is 11.8 Å². The molecule has 0 aromatic heterocycles. The monoisotopic (exact) mass is 285 g/mol. The van der Waals surface area contributed by atoms with E-state index in [-0.39, 0.29) is 0 Å². The summed E-state index contributed by atoms with van der Waals surface area (Å²) in [5.74, 6) is 2.95. The molecule has 0 saturated carbocycles. The molecule has 3 nitrogen and oxygen atoms in total. The molecule has 0 fully saturated rings. The summed E-state index contributed by atoms with van der Waals surface area (Å²) in [5, 5.41) is 9.32. The van der Waals surface area contributed by atoms with Crippen molar-refractivity contribution in [2.75, 3.05) is 12.9 Å². The van der Waals surface area contributed by atoms with E-state index in [0.29, 0.717) is 17.1 Å². The second-order valence-corrected chi connectivity index (χ2v) is 5.26. The zero-order valence-electron chi connectivity index (χ0n) is 11.4. The van der Waals surface area contributed by atoms with E-state index in [1.807, 2.05) is 42.5 Å². The Morgan fingerprint density at radius 1 is 1.10 bits per heavy atom. The van der Waals surface area contributed by atoms with Gasteiger partial charge in [0.1, 0.15) is 28.9 Å². The number of hydrogen-bond acceptors (Lipinski definition) is 4. The third-order valence-electron chi connectivity index (χ3n) is 2.69. The van der Waals surface area contributed by atoms with Crippen molar-refractivity contribution in [3.05, 3.63) is 48.0 Å². The van der Waals surface area contributed by atoms with Crippen LogP contribution < -0.4 is 9.47 Å². The largest absolute Gasteiger partial charge is 0.497 e.